The molecule has 1 heterocycles. The number of carboxylic acid groups (broad SMARTS) is 2. The highest BCUT2D eigenvalue weighted by Gasteiger charge is 2.31. The highest BCUT2D eigenvalue weighted by atomic mass is 32.2. The Hall–Kier alpha value is -2.82. The number of fused-ring (bicyclic) bond motifs is 1. The van der Waals surface area contributed by atoms with Gasteiger partial charge in [-0.2, -0.15) is 4.98 Å². The Balaban J connectivity index is 2.32. The minimum absolute atomic E-state index is 0.00223. The Kier molecular flexibility index (Phi) is 5.80. The van der Waals surface area contributed by atoms with Crippen LogP contribution in [0.4, 0.5) is 9.59 Å². The fraction of sp³-hybridized carbons (Fsp3) is 0.357. The molecule has 136 valence electrons. The van der Waals surface area contributed by atoms with Gasteiger partial charge in [0.05, 0.1) is 7.11 Å². The molecule has 2 rings (SSSR count). The third-order valence-corrected chi connectivity index (χ3v) is 4.05. The molecule has 0 saturated carbocycles. The fourth-order valence-corrected chi connectivity index (χ4v) is 3.02. The largest absolute Gasteiger partial charge is 0.508 e. The van der Waals surface area contributed by atoms with Gasteiger partial charge in [0.2, 0.25) is 0 Å². The van der Waals surface area contributed by atoms with Crippen LogP contribution in [0.15, 0.2) is 21.8 Å². The number of nitrogens with zero attached hydrogens (tertiary/aromatic N) is 1. The van der Waals surface area contributed by atoms with E-state index in [1.165, 1.54) is 19.2 Å². The van der Waals surface area contributed by atoms with Crippen LogP contribution in [0.3, 0.4) is 0 Å². The molecule has 0 radical (unpaired) electrons. The molecular formula is C14H15NO9S. The van der Waals surface area contributed by atoms with Crippen molar-refractivity contribution in [1.82, 2.24) is 4.98 Å². The van der Waals surface area contributed by atoms with Crippen molar-refractivity contribution in [3.05, 3.63) is 12.1 Å². The molecule has 1 aromatic heterocycles. The summed E-state index contributed by atoms with van der Waals surface area (Å²) in [5, 5.41) is 27.2. The number of hydrogen-bond acceptors (Lipinski definition) is 9. The Morgan fingerprint density at radius 2 is 1.96 bits per heavy atom. The van der Waals surface area contributed by atoms with Gasteiger partial charge < -0.3 is 33.9 Å². The van der Waals surface area contributed by atoms with Crippen LogP contribution in [-0.2, 0) is 9.47 Å². The zero-order chi connectivity index (χ0) is 18.6. The Bertz CT molecular complexity index is 775. The predicted octanol–water partition coefficient (Wildman–Crippen LogP) is 3.13. The van der Waals surface area contributed by atoms with Crippen LogP contribution in [-0.4, -0.2) is 51.3 Å². The Labute approximate surface area is 145 Å². The first-order chi connectivity index (χ1) is 11.8. The number of ether oxygens (including phenoxy) is 3. The summed E-state index contributed by atoms with van der Waals surface area (Å²) in [6.45, 7) is 1.61. The summed E-state index contributed by atoms with van der Waals surface area (Å²) in [4.78, 5) is 25.8. The molecule has 25 heavy (non-hydrogen) atoms. The van der Waals surface area contributed by atoms with Gasteiger partial charge in [-0.15, -0.1) is 0 Å². The smallest absolute Gasteiger partial charge is 0.507 e. The number of thioether (sulfide) groups is 1. The number of phenolic OH excluding ortho intramolecular Hbond substituents is 1. The molecule has 1 aromatic carbocycles. The van der Waals surface area contributed by atoms with Crippen molar-refractivity contribution >= 4 is 35.2 Å². The van der Waals surface area contributed by atoms with Crippen LogP contribution in [0.2, 0.25) is 0 Å². The molecule has 0 aliphatic rings. The van der Waals surface area contributed by atoms with Crippen LogP contribution in [0.1, 0.15) is 13.3 Å². The monoisotopic (exact) mass is 373 g/mol. The highest BCUT2D eigenvalue weighted by molar-refractivity contribution is 7.99. The van der Waals surface area contributed by atoms with Gasteiger partial charge in [0.15, 0.2) is 28.4 Å². The quantitative estimate of drug-likeness (QED) is 0.373. The molecule has 0 bridgehead atoms. The first-order valence-electron chi connectivity index (χ1n) is 6.97. The summed E-state index contributed by atoms with van der Waals surface area (Å²) in [7, 11) is 1.39. The molecule has 10 nitrogen and oxygen atoms in total. The van der Waals surface area contributed by atoms with Crippen LogP contribution >= 0.6 is 11.8 Å². The molecule has 2 atom stereocenters. The molecule has 0 saturated heterocycles. The predicted molar refractivity (Wildman–Crippen MR) is 84.2 cm³/mol. The van der Waals surface area contributed by atoms with Crippen LogP contribution in [0, 0.1) is 0 Å². The number of rotatable bonds is 7. The van der Waals surface area contributed by atoms with Crippen molar-refractivity contribution in [3.63, 3.8) is 0 Å². The summed E-state index contributed by atoms with van der Waals surface area (Å²) in [6, 6.07) is 2.65. The molecule has 11 heteroatoms. The summed E-state index contributed by atoms with van der Waals surface area (Å²) in [6.07, 6.45) is -4.06. The number of oxazole rings is 1. The maximum absolute atomic E-state index is 10.9. The average Bonchev–Trinajstić information content (AvgIpc) is 2.92. The van der Waals surface area contributed by atoms with Crippen molar-refractivity contribution in [3.8, 4) is 11.5 Å². The minimum Gasteiger partial charge on any atom is -0.508 e. The van der Waals surface area contributed by atoms with Gasteiger partial charge in [-0.25, -0.2) is 9.59 Å². The first-order valence-corrected chi connectivity index (χ1v) is 7.85. The van der Waals surface area contributed by atoms with Crippen LogP contribution in [0.25, 0.3) is 11.1 Å². The maximum atomic E-state index is 10.9. The molecule has 0 amide bonds. The highest BCUT2D eigenvalue weighted by Crippen LogP contribution is 2.36. The number of aromatic hydroxyl groups is 1. The van der Waals surface area contributed by atoms with Crippen LogP contribution in [0.5, 0.6) is 11.5 Å². The van der Waals surface area contributed by atoms with E-state index in [-0.39, 0.29) is 28.7 Å². The lowest BCUT2D eigenvalue weighted by Gasteiger charge is -2.21. The summed E-state index contributed by atoms with van der Waals surface area (Å²) >= 11 is 0.736. The van der Waals surface area contributed by atoms with Gasteiger partial charge in [-0.1, -0.05) is 6.92 Å². The lowest BCUT2D eigenvalue weighted by atomic mass is 10.3. The van der Waals surface area contributed by atoms with E-state index in [4.69, 9.17) is 24.1 Å². The molecule has 2 unspecified atom stereocenters. The number of hydrogen-bond donors (Lipinski definition) is 3. The molecular weight excluding hydrogens is 358 g/mol. The summed E-state index contributed by atoms with van der Waals surface area (Å²) in [5.74, 6) is 0.158. The Morgan fingerprint density at radius 1 is 1.28 bits per heavy atom. The molecule has 3 N–H and O–H groups in total. The second-order valence-corrected chi connectivity index (χ2v) is 5.72. The topological polar surface area (TPSA) is 149 Å². The van der Waals surface area contributed by atoms with Crippen molar-refractivity contribution in [2.24, 2.45) is 0 Å². The van der Waals surface area contributed by atoms with Gasteiger partial charge in [0.25, 0.3) is 5.22 Å². The number of benzene rings is 1. The summed E-state index contributed by atoms with van der Waals surface area (Å²) in [5.41, 5.74) is -0.712. The average molecular weight is 373 g/mol. The Morgan fingerprint density at radius 3 is 2.52 bits per heavy atom. The van der Waals surface area contributed by atoms with Gasteiger partial charge in [-0.3, -0.25) is 0 Å². The lowest BCUT2D eigenvalue weighted by Crippen LogP contribution is -2.31. The van der Waals surface area contributed by atoms with Gasteiger partial charge >= 0.3 is 12.3 Å². The van der Waals surface area contributed by atoms with Crippen LogP contribution < -0.4 is 4.74 Å². The first kappa shape index (κ1) is 18.5. The van der Waals surface area contributed by atoms with E-state index in [1.54, 1.807) is 6.92 Å². The van der Waals surface area contributed by atoms with Gasteiger partial charge in [0, 0.05) is 12.1 Å². The zero-order valence-electron chi connectivity index (χ0n) is 13.2. The molecule has 0 aliphatic carbocycles. The van der Waals surface area contributed by atoms with Crippen molar-refractivity contribution in [1.29, 1.82) is 0 Å². The molecule has 0 aliphatic heterocycles. The SMILES string of the molecule is CCC(OC(=O)O)C(OC(=O)O)Sc1nc2c(OC)cc(O)cc2o1. The zero-order valence-corrected chi connectivity index (χ0v) is 14.0. The number of carbonyl (C=O) groups is 2. The molecule has 0 spiro atoms. The van der Waals surface area contributed by atoms with E-state index in [9.17, 15) is 14.7 Å². The third-order valence-electron chi connectivity index (χ3n) is 3.04. The van der Waals surface area contributed by atoms with E-state index in [0.29, 0.717) is 5.52 Å². The van der Waals surface area contributed by atoms with Gasteiger partial charge in [0.1, 0.15) is 5.75 Å². The second kappa shape index (κ2) is 7.83. The minimum atomic E-state index is -1.60. The number of aromatic nitrogens is 1. The van der Waals surface area contributed by atoms with Crippen molar-refractivity contribution < 1.29 is 43.5 Å². The summed E-state index contributed by atoms with van der Waals surface area (Å²) < 4.78 is 19.9. The van der Waals surface area contributed by atoms with E-state index in [1.807, 2.05) is 0 Å². The third kappa shape index (κ3) is 4.59. The van der Waals surface area contributed by atoms with Crippen molar-refractivity contribution in [2.75, 3.05) is 7.11 Å². The van der Waals surface area contributed by atoms with E-state index in [2.05, 4.69) is 9.72 Å². The number of methoxy groups -OCH3 is 1. The standard InChI is InChI=1S/C14H15NO9S/c1-3-7(23-13(17)18)11(24-14(19)20)25-12-15-10-8(21-2)4-6(16)5-9(10)22-12/h4-5,7,11,16H,3H2,1-2H3,(H,17,18)(H,19,20). The van der Waals surface area contributed by atoms with E-state index >= 15 is 0 Å². The maximum Gasteiger partial charge on any atom is 0.507 e. The fourth-order valence-electron chi connectivity index (χ4n) is 2.01. The number of phenols is 1. The van der Waals surface area contributed by atoms with E-state index in [0.717, 1.165) is 11.8 Å². The normalized spacial score (nSPS) is 13.2. The molecule has 0 fully saturated rings. The van der Waals surface area contributed by atoms with Crippen molar-refractivity contribution in [2.45, 2.75) is 30.1 Å². The van der Waals surface area contributed by atoms with E-state index < -0.39 is 23.9 Å². The lowest BCUT2D eigenvalue weighted by molar-refractivity contribution is -0.00907. The molecule has 2 aromatic rings. The second-order valence-electron chi connectivity index (χ2n) is 4.68. The van der Waals surface area contributed by atoms with Gasteiger partial charge in [-0.05, 0) is 18.2 Å².